The van der Waals surface area contributed by atoms with Gasteiger partial charge in [-0.05, 0) is 34.6 Å². The van der Waals surface area contributed by atoms with E-state index in [9.17, 15) is 0 Å². The third kappa shape index (κ3) is 1090. The van der Waals surface area contributed by atoms with Crippen LogP contribution in [0.2, 0.25) is 0 Å². The Balaban J connectivity index is -0.0000000250. The molecule has 0 aliphatic heterocycles. The van der Waals surface area contributed by atoms with Gasteiger partial charge in [-0.2, -0.15) is 0 Å². The summed E-state index contributed by atoms with van der Waals surface area (Å²) in [6.45, 7) is 4.86. The van der Waals surface area contributed by atoms with Crippen molar-refractivity contribution in [3.63, 3.8) is 0 Å². The number of aliphatic carboxylic acids is 5. The summed E-state index contributed by atoms with van der Waals surface area (Å²) < 4.78 is 0. The van der Waals surface area contributed by atoms with Crippen molar-refractivity contribution in [1.29, 1.82) is 0 Å². The summed E-state index contributed by atoms with van der Waals surface area (Å²) in [5, 5.41) is 44.4. The Morgan fingerprint density at radius 2 is 0.455 bits per heavy atom. The summed E-state index contributed by atoms with van der Waals surface area (Å²) >= 11 is 0. The van der Waals surface area contributed by atoms with Crippen LogP contribution in [0, 0.1) is 0 Å². The fourth-order valence-corrected chi connectivity index (χ4v) is 0. The van der Waals surface area contributed by atoms with Gasteiger partial charge < -0.3 is 55.0 Å². The van der Waals surface area contributed by atoms with Gasteiger partial charge in [-0.25, -0.2) is 0 Å². The quantitative estimate of drug-likeness (QED) is 0.392. The standard InChI is InChI=1S/5C2H4O2.Cr.H4O/c5*1-2(3)4;;/h5*1H3,(H,3,4);;1H4/q;;;;;+3;+2/p-5. The van der Waals surface area contributed by atoms with Crippen molar-refractivity contribution in [2.45, 2.75) is 34.6 Å². The van der Waals surface area contributed by atoms with Crippen LogP contribution in [0.3, 0.4) is 0 Å². The molecule has 12 heteroatoms. The van der Waals surface area contributed by atoms with E-state index >= 15 is 0 Å². The third-order valence-electron chi connectivity index (χ3n) is 0. The summed E-state index contributed by atoms with van der Waals surface area (Å²) in [6.07, 6.45) is 0. The number of carbonyl (C=O) groups is 5. The maximum atomic E-state index is 8.89. The Labute approximate surface area is 137 Å². The van der Waals surface area contributed by atoms with E-state index in [0.29, 0.717) is 0 Å². The van der Waals surface area contributed by atoms with E-state index in [1.165, 1.54) is 0 Å². The maximum absolute atomic E-state index is 8.89. The number of rotatable bonds is 0. The van der Waals surface area contributed by atoms with Crippen molar-refractivity contribution >= 4 is 29.8 Å². The zero-order chi connectivity index (χ0) is 17.9. The van der Waals surface area contributed by atoms with Crippen LogP contribution >= 0.6 is 0 Å². The van der Waals surface area contributed by atoms with E-state index in [-0.39, 0.29) is 22.8 Å². The third-order valence-corrected chi connectivity index (χ3v) is 0. The van der Waals surface area contributed by atoms with Gasteiger partial charge in [-0.15, -0.1) is 0 Å². The topological polar surface area (TPSA) is 235 Å². The molecule has 0 rings (SSSR count). The Hall–Kier alpha value is -2.16. The van der Waals surface area contributed by atoms with E-state index in [1.807, 2.05) is 0 Å². The van der Waals surface area contributed by atoms with Crippen LogP contribution in [0.4, 0.5) is 0 Å². The first-order valence-electron chi connectivity index (χ1n) is 4.54. The van der Waals surface area contributed by atoms with Crippen LogP contribution in [-0.4, -0.2) is 29.8 Å². The smallest absolute Gasteiger partial charge is 0.873 e. The molecule has 4 N–H and O–H groups in total. The van der Waals surface area contributed by atoms with E-state index in [1.54, 1.807) is 0 Å². The molecule has 11 nitrogen and oxygen atoms in total. The first-order valence-corrected chi connectivity index (χ1v) is 4.54. The molecule has 0 amide bonds. The second-order valence-electron chi connectivity index (χ2n) is 2.46. The molecule has 1 radical (unpaired) electrons. The molecular formula is C10H19CrO11. The Kier molecular flexibility index (Phi) is 70.6. The van der Waals surface area contributed by atoms with E-state index in [2.05, 4.69) is 0 Å². The minimum absolute atomic E-state index is 0. The summed E-state index contributed by atoms with van der Waals surface area (Å²) in [5.41, 5.74) is 0. The predicted octanol–water partition coefficient (Wildman–Crippen LogP) is -7.41. The van der Waals surface area contributed by atoms with Crippen molar-refractivity contribution in [1.82, 2.24) is 0 Å². The van der Waals surface area contributed by atoms with Crippen LogP contribution in [0.5, 0.6) is 0 Å². The van der Waals surface area contributed by atoms with Gasteiger partial charge in [0.15, 0.2) is 0 Å². The van der Waals surface area contributed by atoms with Gasteiger partial charge >= 0.3 is 17.4 Å². The number of hydrogen-bond donors (Lipinski definition) is 0. The Morgan fingerprint density at radius 1 is 0.455 bits per heavy atom. The largest absolute Gasteiger partial charge is 3.00 e. The normalized spacial score (nSPS) is 5.68. The summed E-state index contributed by atoms with van der Waals surface area (Å²) in [7, 11) is 0. The number of carboxylic acid groups (broad SMARTS) is 5. The van der Waals surface area contributed by atoms with E-state index < -0.39 is 29.8 Å². The van der Waals surface area contributed by atoms with Crippen molar-refractivity contribution in [2.24, 2.45) is 0 Å². The molecule has 0 bridgehead atoms. The average molecular weight is 367 g/mol. The van der Waals surface area contributed by atoms with Crippen molar-refractivity contribution < 1.29 is 72.3 Å². The average Bonchev–Trinajstić information content (AvgIpc) is 1.94. The Bertz CT molecular complexity index is 212. The minimum Gasteiger partial charge on any atom is -0.873 e. The fraction of sp³-hybridized carbons (Fsp3) is 0.500. The molecule has 0 spiro atoms. The zero-order valence-corrected chi connectivity index (χ0v) is 14.0. The molecular weight excluding hydrogens is 348 g/mol. The molecule has 0 saturated carbocycles. The van der Waals surface area contributed by atoms with Gasteiger partial charge in [-0.1, -0.05) is 0 Å². The molecule has 0 fully saturated rings. The maximum Gasteiger partial charge on any atom is 3.00 e. The molecule has 0 aromatic rings. The monoisotopic (exact) mass is 367 g/mol. The summed E-state index contributed by atoms with van der Waals surface area (Å²) in [6, 6.07) is 0. The van der Waals surface area contributed by atoms with E-state index in [0.717, 1.165) is 34.6 Å². The molecule has 0 unspecified atom stereocenters. The SMILES string of the molecule is CC(=O)[O-].CC(=O)[O-].CC(=O)[O-].CC(=O)[O-].CC(=O)[O-].[Cr+3].[OH4+2]. The predicted molar refractivity (Wildman–Crippen MR) is 59.7 cm³/mol. The van der Waals surface area contributed by atoms with Gasteiger partial charge in [0.25, 0.3) is 0 Å². The van der Waals surface area contributed by atoms with Crippen molar-refractivity contribution in [2.75, 3.05) is 0 Å². The van der Waals surface area contributed by atoms with Gasteiger partial charge in [0.1, 0.15) is 0 Å². The van der Waals surface area contributed by atoms with E-state index in [4.69, 9.17) is 49.5 Å². The van der Waals surface area contributed by atoms with Crippen LogP contribution in [-0.2, 0) is 46.8 Å². The van der Waals surface area contributed by atoms with Crippen molar-refractivity contribution in [3.8, 4) is 0 Å². The molecule has 131 valence electrons. The number of carbonyl (C=O) groups excluding carboxylic acids is 5. The molecule has 0 atom stereocenters. The van der Waals surface area contributed by atoms with Gasteiger partial charge in [-0.3, -0.25) is 0 Å². The second-order valence-corrected chi connectivity index (χ2v) is 2.46. The molecule has 0 aromatic carbocycles. The molecule has 22 heavy (non-hydrogen) atoms. The van der Waals surface area contributed by atoms with Gasteiger partial charge in [0, 0.05) is 29.8 Å². The summed E-state index contributed by atoms with van der Waals surface area (Å²) in [4.78, 5) is 44.4. The van der Waals surface area contributed by atoms with Crippen LogP contribution in [0.25, 0.3) is 0 Å². The minimum atomic E-state index is -1.08. The second kappa shape index (κ2) is 36.4. The van der Waals surface area contributed by atoms with Gasteiger partial charge in [0.05, 0.1) is 0 Å². The van der Waals surface area contributed by atoms with Crippen LogP contribution < -0.4 is 25.5 Å². The van der Waals surface area contributed by atoms with Crippen LogP contribution in [0.1, 0.15) is 34.6 Å². The number of carboxylic acids is 5. The molecule has 0 aliphatic carbocycles. The zero-order valence-electron chi connectivity index (χ0n) is 12.7. The molecule has 0 heterocycles. The van der Waals surface area contributed by atoms with Crippen molar-refractivity contribution in [3.05, 3.63) is 0 Å². The fourth-order valence-electron chi connectivity index (χ4n) is 0. The number of hydrogen-bond acceptors (Lipinski definition) is 10. The molecule has 0 aliphatic rings. The molecule has 0 saturated heterocycles. The van der Waals surface area contributed by atoms with Gasteiger partial charge in [0.2, 0.25) is 0 Å². The Morgan fingerprint density at radius 3 is 0.455 bits per heavy atom. The first-order chi connectivity index (χ1) is 8.66. The summed E-state index contributed by atoms with van der Waals surface area (Å²) in [5.74, 6) is -5.42. The first kappa shape index (κ1) is 42.7. The molecule has 0 aromatic heterocycles. The van der Waals surface area contributed by atoms with Crippen LogP contribution in [0.15, 0.2) is 0 Å².